The van der Waals surface area contributed by atoms with Gasteiger partial charge in [-0.05, 0) is 32.1 Å². The van der Waals surface area contributed by atoms with E-state index >= 15 is 0 Å². The maximum atomic E-state index is 6.47. The number of benzene rings is 1. The zero-order valence-corrected chi connectivity index (χ0v) is 21.8. The lowest BCUT2D eigenvalue weighted by Gasteiger charge is -2.49. The highest BCUT2D eigenvalue weighted by atomic mass is 16.8. The number of hydrogen-bond donors (Lipinski definition) is 0. The predicted molar refractivity (Wildman–Crippen MR) is 137 cm³/mol. The Morgan fingerprint density at radius 1 is 0.829 bits per heavy atom. The van der Waals surface area contributed by atoms with Gasteiger partial charge in [0.05, 0.1) is 6.61 Å². The predicted octanol–water partition coefficient (Wildman–Crippen LogP) is 6.35. The fourth-order valence-corrected chi connectivity index (χ4v) is 4.50. The maximum absolute atomic E-state index is 6.47. The minimum Gasteiger partial charge on any atom is -0.372 e. The van der Waals surface area contributed by atoms with E-state index in [9.17, 15) is 0 Å². The molecule has 0 N–H and O–H groups in total. The number of ether oxygens (including phenoxy) is 6. The van der Waals surface area contributed by atoms with E-state index in [2.05, 4.69) is 20.4 Å². The van der Waals surface area contributed by atoms with Crippen molar-refractivity contribution in [3.8, 4) is 0 Å². The summed E-state index contributed by atoms with van der Waals surface area (Å²) in [7, 11) is 0. The third-order valence-corrected chi connectivity index (χ3v) is 6.56. The molecule has 1 aromatic carbocycles. The van der Waals surface area contributed by atoms with E-state index in [0.717, 1.165) is 50.5 Å². The molecular weight excluding hydrogens is 444 g/mol. The molecule has 1 aromatic rings. The molecule has 2 saturated heterocycles. The Morgan fingerprint density at radius 3 is 2.23 bits per heavy atom. The van der Waals surface area contributed by atoms with Crippen LogP contribution in [0, 0.1) is 0 Å². The fourth-order valence-electron chi connectivity index (χ4n) is 4.50. The first-order chi connectivity index (χ1) is 17.3. The zero-order valence-electron chi connectivity index (χ0n) is 21.8. The van der Waals surface area contributed by atoms with Crippen LogP contribution in [0.3, 0.4) is 0 Å². The van der Waals surface area contributed by atoms with Gasteiger partial charge in [0.1, 0.15) is 24.4 Å². The van der Waals surface area contributed by atoms with Crippen LogP contribution in [0.25, 0.3) is 0 Å². The summed E-state index contributed by atoms with van der Waals surface area (Å²) in [6.07, 6.45) is 9.58. The molecule has 2 aliphatic heterocycles. The Balaban J connectivity index is 1.68. The van der Waals surface area contributed by atoms with Gasteiger partial charge in [-0.1, -0.05) is 75.9 Å². The van der Waals surface area contributed by atoms with Crippen LogP contribution in [0.2, 0.25) is 0 Å². The van der Waals surface area contributed by atoms with Gasteiger partial charge in [0.25, 0.3) is 0 Å². The quantitative estimate of drug-likeness (QED) is 0.187. The summed E-state index contributed by atoms with van der Waals surface area (Å²) >= 11 is 0. The number of unbranched alkanes of at least 4 members (excludes halogenated alkanes) is 6. The summed E-state index contributed by atoms with van der Waals surface area (Å²) < 4.78 is 38.0. The largest absolute Gasteiger partial charge is 0.372 e. The summed E-state index contributed by atoms with van der Waals surface area (Å²) in [6, 6.07) is 10.0. The lowest BCUT2D eigenvalue weighted by atomic mass is 9.97. The standard InChI is InChI=1S/C29H46O6/c1-4-7-10-11-12-16-21-32-29-27(31-20-9-6-3)26(30-19-8-5-2)25-24(34-29)22-33-28(35-25)23-17-14-13-15-18-23/h4,13-15,17-18,24-29H,1,5-12,16,19-22H2,2-3H3/t24?,25-,26?,27+,28?,29-/m1/s1. The maximum Gasteiger partial charge on any atom is 0.186 e. The van der Waals surface area contributed by atoms with Gasteiger partial charge in [0, 0.05) is 25.4 Å². The lowest BCUT2D eigenvalue weighted by molar-refractivity contribution is -0.370. The molecular formula is C29H46O6. The van der Waals surface area contributed by atoms with Crippen molar-refractivity contribution in [1.82, 2.24) is 0 Å². The van der Waals surface area contributed by atoms with Gasteiger partial charge in [-0.3, -0.25) is 0 Å². The van der Waals surface area contributed by atoms with Crippen molar-refractivity contribution in [1.29, 1.82) is 0 Å². The van der Waals surface area contributed by atoms with Crippen LogP contribution in [-0.4, -0.2) is 57.1 Å². The van der Waals surface area contributed by atoms with Crippen LogP contribution in [-0.2, 0) is 28.4 Å². The van der Waals surface area contributed by atoms with E-state index in [-0.39, 0.29) is 24.4 Å². The Kier molecular flexibility index (Phi) is 13.3. The molecule has 6 atom stereocenters. The molecule has 0 aliphatic carbocycles. The number of hydrogen-bond acceptors (Lipinski definition) is 6. The van der Waals surface area contributed by atoms with E-state index in [1.54, 1.807) is 0 Å². The van der Waals surface area contributed by atoms with Crippen molar-refractivity contribution in [3.63, 3.8) is 0 Å². The van der Waals surface area contributed by atoms with E-state index in [1.807, 2.05) is 36.4 Å². The second kappa shape index (κ2) is 16.5. The zero-order chi connectivity index (χ0) is 24.7. The van der Waals surface area contributed by atoms with Crippen molar-refractivity contribution in [2.45, 2.75) is 109 Å². The topological polar surface area (TPSA) is 55.4 Å². The van der Waals surface area contributed by atoms with Gasteiger partial charge < -0.3 is 28.4 Å². The molecule has 35 heavy (non-hydrogen) atoms. The van der Waals surface area contributed by atoms with E-state index < -0.39 is 12.6 Å². The summed E-state index contributed by atoms with van der Waals surface area (Å²) in [5, 5.41) is 0. The summed E-state index contributed by atoms with van der Waals surface area (Å²) in [5.74, 6) is 0. The third kappa shape index (κ3) is 8.96. The van der Waals surface area contributed by atoms with Gasteiger partial charge >= 0.3 is 0 Å². The van der Waals surface area contributed by atoms with E-state index in [1.165, 1.54) is 12.8 Å². The van der Waals surface area contributed by atoms with Crippen LogP contribution in [0.1, 0.15) is 83.5 Å². The Bertz CT molecular complexity index is 683. The van der Waals surface area contributed by atoms with E-state index in [0.29, 0.717) is 26.4 Å². The van der Waals surface area contributed by atoms with Crippen molar-refractivity contribution in [2.24, 2.45) is 0 Å². The van der Waals surface area contributed by atoms with Crippen LogP contribution in [0.4, 0.5) is 0 Å². The second-order valence-electron chi connectivity index (χ2n) is 9.46. The highest BCUT2D eigenvalue weighted by Crippen LogP contribution is 2.37. The summed E-state index contributed by atoms with van der Waals surface area (Å²) in [6.45, 7) is 10.5. The first kappa shape index (κ1) is 28.3. The van der Waals surface area contributed by atoms with Crippen molar-refractivity contribution < 1.29 is 28.4 Å². The van der Waals surface area contributed by atoms with Gasteiger partial charge in [0.15, 0.2) is 12.6 Å². The molecule has 0 spiro atoms. The molecule has 6 heteroatoms. The lowest BCUT2D eigenvalue weighted by Crippen LogP contribution is -2.63. The Hall–Kier alpha value is -1.28. The Morgan fingerprint density at radius 2 is 1.51 bits per heavy atom. The second-order valence-corrected chi connectivity index (χ2v) is 9.46. The minimum absolute atomic E-state index is 0.259. The van der Waals surface area contributed by atoms with Gasteiger partial charge in [-0.15, -0.1) is 6.58 Å². The average molecular weight is 491 g/mol. The first-order valence-electron chi connectivity index (χ1n) is 13.7. The highest BCUT2D eigenvalue weighted by molar-refractivity contribution is 5.16. The molecule has 3 rings (SSSR count). The van der Waals surface area contributed by atoms with Crippen molar-refractivity contribution in [2.75, 3.05) is 26.4 Å². The normalized spacial score (nSPS) is 28.5. The molecule has 2 heterocycles. The molecule has 0 saturated carbocycles. The van der Waals surface area contributed by atoms with Crippen LogP contribution < -0.4 is 0 Å². The Labute approximate surface area is 212 Å². The molecule has 0 radical (unpaired) electrons. The first-order valence-corrected chi connectivity index (χ1v) is 13.7. The van der Waals surface area contributed by atoms with Crippen LogP contribution in [0.5, 0.6) is 0 Å². The highest BCUT2D eigenvalue weighted by Gasteiger charge is 2.51. The molecule has 0 bridgehead atoms. The SMILES string of the molecule is C=CCCCCCCO[C@@H]1OC2COC(c3ccccc3)O[C@H]2C(OCCCC)[C@@H]1OCCCC. The minimum atomic E-state index is -0.492. The van der Waals surface area contributed by atoms with Crippen LogP contribution in [0.15, 0.2) is 43.0 Å². The number of rotatable bonds is 17. The average Bonchev–Trinajstić information content (AvgIpc) is 2.89. The molecule has 0 amide bonds. The summed E-state index contributed by atoms with van der Waals surface area (Å²) in [5.41, 5.74) is 0.997. The van der Waals surface area contributed by atoms with Gasteiger partial charge in [-0.25, -0.2) is 0 Å². The number of fused-ring (bicyclic) bond motifs is 1. The van der Waals surface area contributed by atoms with E-state index in [4.69, 9.17) is 28.4 Å². The molecule has 2 aliphatic rings. The third-order valence-electron chi connectivity index (χ3n) is 6.56. The molecule has 3 unspecified atom stereocenters. The molecule has 198 valence electrons. The van der Waals surface area contributed by atoms with Crippen LogP contribution >= 0.6 is 0 Å². The summed E-state index contributed by atoms with van der Waals surface area (Å²) in [4.78, 5) is 0. The monoisotopic (exact) mass is 490 g/mol. The fraction of sp³-hybridized carbons (Fsp3) is 0.724. The van der Waals surface area contributed by atoms with Crippen molar-refractivity contribution >= 4 is 0 Å². The molecule has 0 aromatic heterocycles. The molecule has 2 fully saturated rings. The smallest absolute Gasteiger partial charge is 0.186 e. The van der Waals surface area contributed by atoms with Crippen molar-refractivity contribution in [3.05, 3.63) is 48.6 Å². The van der Waals surface area contributed by atoms with Gasteiger partial charge in [-0.2, -0.15) is 0 Å². The molecule has 6 nitrogen and oxygen atoms in total. The number of allylic oxidation sites excluding steroid dienone is 1. The van der Waals surface area contributed by atoms with Gasteiger partial charge in [0.2, 0.25) is 0 Å².